The number of aliphatic imine (C=N–C) groups is 1. The van der Waals surface area contributed by atoms with Crippen LogP contribution in [0.4, 0.5) is 0 Å². The zero-order valence-corrected chi connectivity index (χ0v) is 9.66. The smallest absolute Gasteiger partial charge is 0.186 e. The van der Waals surface area contributed by atoms with Crippen molar-refractivity contribution in [2.45, 2.75) is 38.9 Å². The first kappa shape index (κ1) is 12.3. The minimum atomic E-state index is -0.850. The highest BCUT2D eigenvalue weighted by Crippen LogP contribution is 2.51. The van der Waals surface area contributed by atoms with E-state index in [1.54, 1.807) is 0 Å². The third-order valence-corrected chi connectivity index (χ3v) is 3.42. The highest BCUT2D eigenvalue weighted by Gasteiger charge is 2.59. The molecule has 0 aromatic carbocycles. The standard InChI is InChI=1S/C10H21N3O2/c1-4-15-7-5-10(14,9(7,2)3)6-13-8(11)12/h7,14H,4-6H2,1-3H3,(H4,11,12,13). The molecule has 0 bridgehead atoms. The summed E-state index contributed by atoms with van der Waals surface area (Å²) in [6, 6.07) is 0. The molecule has 1 fully saturated rings. The van der Waals surface area contributed by atoms with Gasteiger partial charge in [-0.15, -0.1) is 0 Å². The van der Waals surface area contributed by atoms with Crippen LogP contribution in [0.15, 0.2) is 4.99 Å². The third-order valence-electron chi connectivity index (χ3n) is 3.42. The lowest BCUT2D eigenvalue weighted by atomic mass is 9.56. The Bertz CT molecular complexity index is 261. The molecule has 2 atom stereocenters. The number of nitrogens with zero attached hydrogens (tertiary/aromatic N) is 1. The van der Waals surface area contributed by atoms with Crippen LogP contribution in [0.2, 0.25) is 0 Å². The molecule has 2 unspecified atom stereocenters. The monoisotopic (exact) mass is 215 g/mol. The number of guanidine groups is 1. The molecule has 0 aliphatic heterocycles. The van der Waals surface area contributed by atoms with Crippen molar-refractivity contribution in [3.63, 3.8) is 0 Å². The molecule has 0 heterocycles. The Morgan fingerprint density at radius 1 is 1.53 bits per heavy atom. The van der Waals surface area contributed by atoms with Crippen LogP contribution in [0.25, 0.3) is 0 Å². The minimum absolute atomic E-state index is 0.0130. The molecule has 5 heteroatoms. The first-order valence-electron chi connectivity index (χ1n) is 5.23. The van der Waals surface area contributed by atoms with Gasteiger partial charge < -0.3 is 21.3 Å². The molecule has 5 nitrogen and oxygen atoms in total. The molecule has 1 saturated carbocycles. The second-order valence-electron chi connectivity index (χ2n) is 4.64. The second-order valence-corrected chi connectivity index (χ2v) is 4.64. The van der Waals surface area contributed by atoms with Gasteiger partial charge in [-0.3, -0.25) is 4.99 Å². The molecule has 0 saturated heterocycles. The summed E-state index contributed by atoms with van der Waals surface area (Å²) < 4.78 is 5.52. The molecule has 0 aromatic rings. The topological polar surface area (TPSA) is 93.9 Å². The summed E-state index contributed by atoms with van der Waals surface area (Å²) in [7, 11) is 0. The van der Waals surface area contributed by atoms with Crippen molar-refractivity contribution in [1.29, 1.82) is 0 Å². The van der Waals surface area contributed by atoms with Crippen LogP contribution < -0.4 is 11.5 Å². The van der Waals surface area contributed by atoms with Crippen LogP contribution in [0.3, 0.4) is 0 Å². The quantitative estimate of drug-likeness (QED) is 0.448. The third kappa shape index (κ3) is 2.08. The first-order chi connectivity index (χ1) is 6.83. The Morgan fingerprint density at radius 2 is 2.13 bits per heavy atom. The van der Waals surface area contributed by atoms with E-state index in [1.165, 1.54) is 0 Å². The van der Waals surface area contributed by atoms with Gasteiger partial charge in [0.15, 0.2) is 5.96 Å². The summed E-state index contributed by atoms with van der Waals surface area (Å²) in [6.45, 7) is 6.79. The van der Waals surface area contributed by atoms with Crippen LogP contribution in [-0.4, -0.2) is 35.9 Å². The van der Waals surface area contributed by atoms with Crippen LogP contribution in [0, 0.1) is 5.41 Å². The van der Waals surface area contributed by atoms with E-state index in [9.17, 15) is 5.11 Å². The molecule has 0 aromatic heterocycles. The van der Waals surface area contributed by atoms with Crippen molar-refractivity contribution in [3.8, 4) is 0 Å². The van der Waals surface area contributed by atoms with E-state index >= 15 is 0 Å². The lowest BCUT2D eigenvalue weighted by Crippen LogP contribution is -2.66. The molecule has 1 rings (SSSR count). The van der Waals surface area contributed by atoms with E-state index < -0.39 is 5.60 Å². The number of aliphatic hydroxyl groups is 1. The largest absolute Gasteiger partial charge is 0.387 e. The second kappa shape index (κ2) is 3.98. The van der Waals surface area contributed by atoms with Crippen molar-refractivity contribution >= 4 is 5.96 Å². The predicted molar refractivity (Wildman–Crippen MR) is 59.4 cm³/mol. The van der Waals surface area contributed by atoms with E-state index in [4.69, 9.17) is 16.2 Å². The number of hydrogen-bond acceptors (Lipinski definition) is 3. The maximum absolute atomic E-state index is 10.3. The molecule has 5 N–H and O–H groups in total. The number of hydrogen-bond donors (Lipinski definition) is 3. The van der Waals surface area contributed by atoms with Gasteiger partial charge in [-0.25, -0.2) is 0 Å². The van der Waals surface area contributed by atoms with Crippen molar-refractivity contribution in [1.82, 2.24) is 0 Å². The maximum atomic E-state index is 10.3. The minimum Gasteiger partial charge on any atom is -0.387 e. The Kier molecular flexibility index (Phi) is 3.25. The molecule has 0 spiro atoms. The number of nitrogens with two attached hydrogens (primary N) is 2. The van der Waals surface area contributed by atoms with Crippen molar-refractivity contribution in [2.24, 2.45) is 21.9 Å². The van der Waals surface area contributed by atoms with Gasteiger partial charge in [0.25, 0.3) is 0 Å². The van der Waals surface area contributed by atoms with Crippen LogP contribution >= 0.6 is 0 Å². The molecule has 88 valence electrons. The highest BCUT2D eigenvalue weighted by molar-refractivity contribution is 5.75. The average molecular weight is 215 g/mol. The lowest BCUT2D eigenvalue weighted by molar-refractivity contribution is -0.235. The summed E-state index contributed by atoms with van der Waals surface area (Å²) >= 11 is 0. The highest BCUT2D eigenvalue weighted by atomic mass is 16.5. The fourth-order valence-corrected chi connectivity index (χ4v) is 1.95. The maximum Gasteiger partial charge on any atom is 0.186 e. The average Bonchev–Trinajstić information content (AvgIpc) is 2.14. The van der Waals surface area contributed by atoms with Gasteiger partial charge in [0.1, 0.15) is 0 Å². The van der Waals surface area contributed by atoms with E-state index in [0.29, 0.717) is 13.0 Å². The molecule has 1 aliphatic rings. The normalized spacial score (nSPS) is 33.2. The lowest BCUT2D eigenvalue weighted by Gasteiger charge is -2.57. The van der Waals surface area contributed by atoms with Crippen molar-refractivity contribution in [2.75, 3.05) is 13.2 Å². The molecular formula is C10H21N3O2. The molecule has 0 radical (unpaired) electrons. The van der Waals surface area contributed by atoms with Gasteiger partial charge in [-0.2, -0.15) is 0 Å². The Hall–Kier alpha value is -0.810. The number of ether oxygens (including phenoxy) is 1. The summed E-state index contributed by atoms with van der Waals surface area (Å²) in [6.07, 6.45) is 0.673. The van der Waals surface area contributed by atoms with Gasteiger partial charge in [0, 0.05) is 18.4 Å². The predicted octanol–water partition coefficient (Wildman–Crippen LogP) is -0.174. The summed E-state index contributed by atoms with van der Waals surface area (Å²) in [5.74, 6) is 0.0130. The van der Waals surface area contributed by atoms with Crippen LogP contribution in [0.1, 0.15) is 27.2 Å². The van der Waals surface area contributed by atoms with Crippen LogP contribution in [0.5, 0.6) is 0 Å². The van der Waals surface area contributed by atoms with Crippen LogP contribution in [-0.2, 0) is 4.74 Å². The molecule has 1 aliphatic carbocycles. The number of rotatable bonds is 4. The zero-order chi connectivity index (χ0) is 11.7. The van der Waals surface area contributed by atoms with Gasteiger partial charge >= 0.3 is 0 Å². The van der Waals surface area contributed by atoms with E-state index in [1.807, 2.05) is 20.8 Å². The van der Waals surface area contributed by atoms with Crippen molar-refractivity contribution in [3.05, 3.63) is 0 Å². The van der Waals surface area contributed by atoms with Gasteiger partial charge in [-0.1, -0.05) is 13.8 Å². The van der Waals surface area contributed by atoms with Gasteiger partial charge in [0.05, 0.1) is 18.2 Å². The van der Waals surface area contributed by atoms with E-state index in [2.05, 4.69) is 4.99 Å². The molecular weight excluding hydrogens is 194 g/mol. The fourth-order valence-electron chi connectivity index (χ4n) is 1.95. The van der Waals surface area contributed by atoms with Gasteiger partial charge in [-0.05, 0) is 6.92 Å². The SMILES string of the molecule is CCOC1CC(O)(CN=C(N)N)C1(C)C. The summed E-state index contributed by atoms with van der Waals surface area (Å²) in [5.41, 5.74) is 9.34. The molecule has 15 heavy (non-hydrogen) atoms. The Morgan fingerprint density at radius 3 is 2.53 bits per heavy atom. The zero-order valence-electron chi connectivity index (χ0n) is 9.66. The summed E-state index contributed by atoms with van der Waals surface area (Å²) in [5, 5.41) is 10.3. The van der Waals surface area contributed by atoms with E-state index in [-0.39, 0.29) is 24.0 Å². The van der Waals surface area contributed by atoms with E-state index in [0.717, 1.165) is 0 Å². The molecule has 0 amide bonds. The fraction of sp³-hybridized carbons (Fsp3) is 0.900. The first-order valence-corrected chi connectivity index (χ1v) is 5.23. The van der Waals surface area contributed by atoms with Gasteiger partial charge in [0.2, 0.25) is 0 Å². The van der Waals surface area contributed by atoms with Crippen molar-refractivity contribution < 1.29 is 9.84 Å². The Labute approximate surface area is 90.5 Å². The Balaban J connectivity index is 2.62. The summed E-state index contributed by atoms with van der Waals surface area (Å²) in [4.78, 5) is 3.88.